The number of benzene rings is 1. The van der Waals surface area contributed by atoms with E-state index in [1.54, 1.807) is 0 Å². The summed E-state index contributed by atoms with van der Waals surface area (Å²) in [6.45, 7) is 6.47. The molecule has 0 radical (unpaired) electrons. The van der Waals surface area contributed by atoms with E-state index in [-0.39, 0.29) is 17.8 Å². The van der Waals surface area contributed by atoms with E-state index < -0.39 is 6.10 Å². The van der Waals surface area contributed by atoms with Crippen molar-refractivity contribution in [1.29, 1.82) is 0 Å². The van der Waals surface area contributed by atoms with Gasteiger partial charge in [-0.1, -0.05) is 37.6 Å². The lowest BCUT2D eigenvalue weighted by Gasteiger charge is -2.35. The highest BCUT2D eigenvalue weighted by Crippen LogP contribution is 2.33. The van der Waals surface area contributed by atoms with Crippen LogP contribution in [0.5, 0.6) is 6.01 Å². The second-order valence-electron chi connectivity index (χ2n) is 9.87. The third kappa shape index (κ3) is 5.60. The maximum atomic E-state index is 12.4. The van der Waals surface area contributed by atoms with Crippen LogP contribution >= 0.6 is 0 Å². The lowest BCUT2D eigenvalue weighted by molar-refractivity contribution is -0.143. The zero-order chi connectivity index (χ0) is 25.1. The molecule has 4 N–H and O–H groups in total. The number of rotatable bonds is 10. The lowest BCUT2D eigenvalue weighted by Crippen LogP contribution is -2.51. The molecular formula is C26H35N7O3. The summed E-state index contributed by atoms with van der Waals surface area (Å²) in [5.41, 5.74) is 10.6. The van der Waals surface area contributed by atoms with Gasteiger partial charge < -0.3 is 20.5 Å². The molecule has 2 aliphatic rings. The Morgan fingerprint density at radius 2 is 1.86 bits per heavy atom. The van der Waals surface area contributed by atoms with Gasteiger partial charge in [0.15, 0.2) is 11.3 Å². The van der Waals surface area contributed by atoms with Gasteiger partial charge in [0, 0.05) is 39.1 Å². The van der Waals surface area contributed by atoms with Gasteiger partial charge in [0.1, 0.15) is 11.6 Å². The standard InChI is InChI=1S/C26H35N7O3/c1-2-3-14-36-26-28-21-20(30-31-22(21)24(27)29-26)15-17-4-6-18(7-5-17)16-32-10-12-33(13-11-32)25(35)23(34)19-8-9-19/h4-7,19,23,34H,2-3,8-16H2,1H3,(H,30,31)(H2,27,28,29)/t23-/m0/s1. The number of nitrogen functional groups attached to an aromatic ring is 1. The summed E-state index contributed by atoms with van der Waals surface area (Å²) < 4.78 is 5.66. The molecular weight excluding hydrogens is 458 g/mol. The van der Waals surface area contributed by atoms with Gasteiger partial charge in [-0.05, 0) is 36.3 Å². The van der Waals surface area contributed by atoms with E-state index in [0.717, 1.165) is 56.6 Å². The van der Waals surface area contributed by atoms with E-state index in [1.807, 2.05) is 4.90 Å². The summed E-state index contributed by atoms with van der Waals surface area (Å²) in [7, 11) is 0. The maximum absolute atomic E-state index is 12.4. The Hall–Kier alpha value is -3.24. The molecule has 1 amide bonds. The zero-order valence-corrected chi connectivity index (χ0v) is 20.8. The van der Waals surface area contributed by atoms with E-state index in [4.69, 9.17) is 10.5 Å². The molecule has 3 aromatic rings. The minimum Gasteiger partial charge on any atom is -0.463 e. The fraction of sp³-hybridized carbons (Fsp3) is 0.538. The summed E-state index contributed by atoms with van der Waals surface area (Å²) in [6, 6.07) is 8.82. The van der Waals surface area contributed by atoms with Crippen molar-refractivity contribution in [2.75, 3.05) is 38.5 Å². The third-order valence-electron chi connectivity index (χ3n) is 7.02. The van der Waals surface area contributed by atoms with Gasteiger partial charge in [-0.3, -0.25) is 14.8 Å². The van der Waals surface area contributed by atoms with Gasteiger partial charge in [-0.2, -0.15) is 15.1 Å². The van der Waals surface area contributed by atoms with Crippen LogP contribution in [0, 0.1) is 5.92 Å². The number of nitrogens with two attached hydrogens (primary N) is 1. The van der Waals surface area contributed by atoms with Crippen LogP contribution in [-0.4, -0.2) is 79.9 Å². The van der Waals surface area contributed by atoms with Crippen LogP contribution in [0.1, 0.15) is 49.4 Å². The van der Waals surface area contributed by atoms with Gasteiger partial charge in [-0.15, -0.1) is 0 Å². The Labute approximate surface area is 210 Å². The zero-order valence-electron chi connectivity index (χ0n) is 20.8. The number of aromatic nitrogens is 4. The van der Waals surface area contributed by atoms with Crippen molar-refractivity contribution < 1.29 is 14.6 Å². The van der Waals surface area contributed by atoms with Crippen molar-refractivity contribution >= 4 is 22.8 Å². The largest absolute Gasteiger partial charge is 0.463 e. The Morgan fingerprint density at radius 1 is 1.14 bits per heavy atom. The van der Waals surface area contributed by atoms with Gasteiger partial charge in [-0.25, -0.2) is 0 Å². The maximum Gasteiger partial charge on any atom is 0.319 e. The smallest absolute Gasteiger partial charge is 0.319 e. The minimum absolute atomic E-state index is 0.0977. The number of nitrogens with zero attached hydrogens (tertiary/aromatic N) is 5. The second-order valence-corrected chi connectivity index (χ2v) is 9.87. The Bertz CT molecular complexity index is 1180. The number of aliphatic hydroxyl groups excluding tert-OH is 1. The van der Waals surface area contributed by atoms with Crippen LogP contribution in [-0.2, 0) is 17.8 Å². The van der Waals surface area contributed by atoms with Crippen molar-refractivity contribution in [1.82, 2.24) is 30.0 Å². The molecule has 1 aliphatic heterocycles. The summed E-state index contributed by atoms with van der Waals surface area (Å²) in [5, 5.41) is 17.5. The number of unbranched alkanes of at least 4 members (excludes halogenated alkanes) is 1. The Morgan fingerprint density at radius 3 is 2.56 bits per heavy atom. The van der Waals surface area contributed by atoms with Crippen LogP contribution in [0.25, 0.3) is 11.0 Å². The molecule has 0 unspecified atom stereocenters. The molecule has 2 fully saturated rings. The predicted octanol–water partition coefficient (Wildman–Crippen LogP) is 2.12. The van der Waals surface area contributed by atoms with Crippen molar-refractivity contribution in [3.05, 3.63) is 41.1 Å². The molecule has 1 aromatic carbocycles. The second kappa shape index (κ2) is 10.8. The number of aromatic amines is 1. The first-order valence-corrected chi connectivity index (χ1v) is 12.9. The number of hydrogen-bond acceptors (Lipinski definition) is 8. The molecule has 1 saturated heterocycles. The number of hydrogen-bond donors (Lipinski definition) is 3. The predicted molar refractivity (Wildman–Crippen MR) is 136 cm³/mol. The number of piperazine rings is 1. The number of carbonyl (C=O) groups is 1. The van der Waals surface area contributed by atoms with E-state index >= 15 is 0 Å². The SMILES string of the molecule is CCCCOc1nc(N)c2n[nH]c(Cc3ccc(CN4CCN(C(=O)[C@@H](O)C5CC5)CC4)cc3)c2n1. The van der Waals surface area contributed by atoms with Crippen LogP contribution < -0.4 is 10.5 Å². The average molecular weight is 494 g/mol. The third-order valence-corrected chi connectivity index (χ3v) is 7.02. The first-order valence-electron chi connectivity index (χ1n) is 12.9. The number of fused-ring (bicyclic) bond motifs is 1. The Balaban J connectivity index is 1.17. The molecule has 36 heavy (non-hydrogen) atoms. The van der Waals surface area contributed by atoms with Gasteiger partial charge in [0.2, 0.25) is 0 Å². The fourth-order valence-electron chi connectivity index (χ4n) is 4.60. The minimum atomic E-state index is -0.806. The average Bonchev–Trinajstić information content (AvgIpc) is 3.66. The summed E-state index contributed by atoms with van der Waals surface area (Å²) in [4.78, 5) is 25.3. The van der Waals surface area contributed by atoms with E-state index in [0.29, 0.717) is 43.0 Å². The van der Waals surface area contributed by atoms with Crippen molar-refractivity contribution in [3.8, 4) is 6.01 Å². The molecule has 1 saturated carbocycles. The van der Waals surface area contributed by atoms with Crippen molar-refractivity contribution in [2.45, 2.75) is 51.7 Å². The number of ether oxygens (including phenoxy) is 1. The molecule has 2 aromatic heterocycles. The van der Waals surface area contributed by atoms with Crippen LogP contribution in [0.2, 0.25) is 0 Å². The van der Waals surface area contributed by atoms with Gasteiger partial charge >= 0.3 is 6.01 Å². The van der Waals surface area contributed by atoms with Crippen LogP contribution in [0.4, 0.5) is 5.82 Å². The first kappa shape index (κ1) is 24.5. The highest BCUT2D eigenvalue weighted by Gasteiger charge is 2.37. The molecule has 5 rings (SSSR count). The van der Waals surface area contributed by atoms with Gasteiger partial charge in [0.05, 0.1) is 12.3 Å². The van der Waals surface area contributed by atoms with E-state index in [1.165, 1.54) is 5.56 Å². The topological polar surface area (TPSA) is 133 Å². The Kier molecular flexibility index (Phi) is 7.33. The molecule has 10 nitrogen and oxygen atoms in total. The summed E-state index contributed by atoms with van der Waals surface area (Å²) >= 11 is 0. The van der Waals surface area contributed by atoms with E-state index in [9.17, 15) is 9.90 Å². The molecule has 10 heteroatoms. The molecule has 192 valence electrons. The molecule has 1 atom stereocenters. The van der Waals surface area contributed by atoms with Crippen LogP contribution in [0.3, 0.4) is 0 Å². The number of carbonyl (C=O) groups excluding carboxylic acids is 1. The summed E-state index contributed by atoms with van der Waals surface area (Å²) in [6.07, 6.45) is 3.74. The van der Waals surface area contributed by atoms with Crippen LogP contribution in [0.15, 0.2) is 24.3 Å². The normalized spacial score (nSPS) is 17.4. The van der Waals surface area contributed by atoms with Gasteiger partial charge in [0.25, 0.3) is 5.91 Å². The van der Waals surface area contributed by atoms with E-state index in [2.05, 4.69) is 56.3 Å². The molecule has 3 heterocycles. The quantitative estimate of drug-likeness (QED) is 0.366. The molecule has 1 aliphatic carbocycles. The number of aliphatic hydroxyl groups is 1. The lowest BCUT2D eigenvalue weighted by atomic mass is 10.1. The first-order chi connectivity index (χ1) is 17.5. The monoisotopic (exact) mass is 493 g/mol. The highest BCUT2D eigenvalue weighted by molar-refractivity contribution is 5.86. The molecule has 0 spiro atoms. The van der Waals surface area contributed by atoms with Crippen molar-refractivity contribution in [3.63, 3.8) is 0 Å². The number of H-pyrrole nitrogens is 1. The number of nitrogens with one attached hydrogen (secondary N) is 1. The fourth-order valence-corrected chi connectivity index (χ4v) is 4.60. The highest BCUT2D eigenvalue weighted by atomic mass is 16.5. The number of amides is 1. The summed E-state index contributed by atoms with van der Waals surface area (Å²) in [5.74, 6) is 0.396. The number of anilines is 1. The van der Waals surface area contributed by atoms with Crippen molar-refractivity contribution in [2.24, 2.45) is 5.92 Å². The molecule has 0 bridgehead atoms.